The molecule has 110 valence electrons. The molecule has 0 aliphatic rings. The Labute approximate surface area is 127 Å². The molecule has 0 aliphatic heterocycles. The zero-order valence-electron chi connectivity index (χ0n) is 11.1. The van der Waals surface area contributed by atoms with Crippen LogP contribution in [0.3, 0.4) is 0 Å². The molecule has 0 bridgehead atoms. The number of halogens is 2. The summed E-state index contributed by atoms with van der Waals surface area (Å²) in [5.41, 5.74) is 5.87. The molecule has 20 heavy (non-hydrogen) atoms. The van der Waals surface area contributed by atoms with E-state index in [1.54, 1.807) is 0 Å². The van der Waals surface area contributed by atoms with Gasteiger partial charge in [-0.15, -0.1) is 0 Å². The Morgan fingerprint density at radius 2 is 1.80 bits per heavy atom. The third-order valence-electron chi connectivity index (χ3n) is 2.60. The highest BCUT2D eigenvalue weighted by molar-refractivity contribution is 6.40. The van der Waals surface area contributed by atoms with Gasteiger partial charge in [0.1, 0.15) is 0 Å². The zero-order chi connectivity index (χ0) is 15.4. The fraction of sp³-hybridized carbons (Fsp3) is 0.385. The summed E-state index contributed by atoms with van der Waals surface area (Å²) in [4.78, 5) is 22.7. The molecule has 0 radical (unpaired) electrons. The van der Waals surface area contributed by atoms with E-state index in [1.807, 2.05) is 13.8 Å². The molecule has 0 aliphatic carbocycles. The molecule has 5 nitrogen and oxygen atoms in total. The normalized spacial score (nSPS) is 12.3. The van der Waals surface area contributed by atoms with Crippen LogP contribution in [0, 0.1) is 5.92 Å². The Morgan fingerprint density at radius 1 is 1.30 bits per heavy atom. The largest absolute Gasteiger partial charge is 0.478 e. The monoisotopic (exact) mass is 318 g/mol. The van der Waals surface area contributed by atoms with Crippen molar-refractivity contribution >= 4 is 40.8 Å². The van der Waals surface area contributed by atoms with Gasteiger partial charge in [-0.2, -0.15) is 0 Å². The highest BCUT2D eigenvalue weighted by Gasteiger charge is 2.19. The van der Waals surface area contributed by atoms with E-state index < -0.39 is 17.9 Å². The zero-order valence-corrected chi connectivity index (χ0v) is 12.6. The van der Waals surface area contributed by atoms with Crippen molar-refractivity contribution in [2.24, 2.45) is 11.7 Å². The van der Waals surface area contributed by atoms with Crippen molar-refractivity contribution in [2.75, 3.05) is 5.32 Å². The smallest absolute Gasteiger partial charge is 0.335 e. The number of nitrogens with one attached hydrogen (secondary N) is 1. The summed E-state index contributed by atoms with van der Waals surface area (Å²) < 4.78 is 0. The number of anilines is 1. The maximum Gasteiger partial charge on any atom is 0.335 e. The van der Waals surface area contributed by atoms with Crippen LogP contribution in [0.15, 0.2) is 12.1 Å². The van der Waals surface area contributed by atoms with Crippen LogP contribution < -0.4 is 11.1 Å². The van der Waals surface area contributed by atoms with Gasteiger partial charge in [-0.25, -0.2) is 4.79 Å². The quantitative estimate of drug-likeness (QED) is 0.778. The number of carboxylic acid groups (broad SMARTS) is 1. The highest BCUT2D eigenvalue weighted by Crippen LogP contribution is 2.32. The van der Waals surface area contributed by atoms with E-state index >= 15 is 0 Å². The molecule has 0 heterocycles. The number of carbonyl (C=O) groups excluding carboxylic acids is 1. The molecule has 1 aromatic rings. The van der Waals surface area contributed by atoms with Gasteiger partial charge in [0.2, 0.25) is 5.91 Å². The summed E-state index contributed by atoms with van der Waals surface area (Å²) in [7, 11) is 0. The number of amides is 1. The van der Waals surface area contributed by atoms with Crippen molar-refractivity contribution in [3.05, 3.63) is 27.7 Å². The molecule has 1 rings (SSSR count). The third kappa shape index (κ3) is 4.37. The molecule has 0 saturated heterocycles. The number of carbonyl (C=O) groups is 2. The van der Waals surface area contributed by atoms with Gasteiger partial charge in [-0.3, -0.25) is 4.79 Å². The number of carboxylic acids is 1. The van der Waals surface area contributed by atoms with Crippen LogP contribution in [-0.2, 0) is 4.79 Å². The van der Waals surface area contributed by atoms with E-state index in [0.29, 0.717) is 6.42 Å². The number of benzene rings is 1. The van der Waals surface area contributed by atoms with Crippen LogP contribution >= 0.6 is 23.2 Å². The van der Waals surface area contributed by atoms with Crippen molar-refractivity contribution in [3.8, 4) is 0 Å². The molecule has 0 aromatic heterocycles. The predicted octanol–water partition coefficient (Wildman–Crippen LogP) is 3.00. The molecule has 0 saturated carbocycles. The average Bonchev–Trinajstić information content (AvgIpc) is 2.32. The molecule has 1 unspecified atom stereocenters. The number of aromatic carboxylic acids is 1. The lowest BCUT2D eigenvalue weighted by Gasteiger charge is -2.16. The molecule has 4 N–H and O–H groups in total. The number of rotatable bonds is 5. The van der Waals surface area contributed by atoms with Gasteiger partial charge in [-0.05, 0) is 24.5 Å². The van der Waals surface area contributed by atoms with Crippen molar-refractivity contribution in [2.45, 2.75) is 26.3 Å². The van der Waals surface area contributed by atoms with Crippen LogP contribution in [0.5, 0.6) is 0 Å². The first-order chi connectivity index (χ1) is 9.22. The predicted molar refractivity (Wildman–Crippen MR) is 79.5 cm³/mol. The standard InChI is InChI=1S/C13H16Cl2N2O3/c1-6(2)3-10(16)12(18)17-11-8(14)4-7(13(19)20)5-9(11)15/h4-6,10H,3,16H2,1-2H3,(H,17,18)(H,19,20). The van der Waals surface area contributed by atoms with E-state index in [1.165, 1.54) is 12.1 Å². The maximum absolute atomic E-state index is 11.9. The van der Waals surface area contributed by atoms with Crippen LogP contribution in [0.25, 0.3) is 0 Å². The summed E-state index contributed by atoms with van der Waals surface area (Å²) in [6.45, 7) is 3.91. The molecule has 0 fully saturated rings. The second-order valence-corrected chi connectivity index (χ2v) is 5.66. The minimum atomic E-state index is -1.15. The second kappa shape index (κ2) is 6.92. The van der Waals surface area contributed by atoms with E-state index in [4.69, 9.17) is 34.0 Å². The van der Waals surface area contributed by atoms with Crippen LogP contribution in [0.4, 0.5) is 5.69 Å². The average molecular weight is 319 g/mol. The minimum absolute atomic E-state index is 0.0514. The summed E-state index contributed by atoms with van der Waals surface area (Å²) >= 11 is 11.9. The van der Waals surface area contributed by atoms with Gasteiger partial charge in [0.25, 0.3) is 0 Å². The van der Waals surface area contributed by atoms with Crippen LogP contribution in [0.2, 0.25) is 10.0 Å². The molecule has 7 heteroatoms. The van der Waals surface area contributed by atoms with Gasteiger partial charge in [0.05, 0.1) is 27.3 Å². The van der Waals surface area contributed by atoms with E-state index in [9.17, 15) is 9.59 Å². The van der Waals surface area contributed by atoms with Gasteiger partial charge in [0, 0.05) is 0 Å². The van der Waals surface area contributed by atoms with Gasteiger partial charge in [-0.1, -0.05) is 37.0 Å². The lowest BCUT2D eigenvalue weighted by atomic mass is 10.0. The van der Waals surface area contributed by atoms with Crippen molar-refractivity contribution < 1.29 is 14.7 Å². The van der Waals surface area contributed by atoms with Crippen LogP contribution in [0.1, 0.15) is 30.6 Å². The first kappa shape index (κ1) is 16.8. The molecule has 0 spiro atoms. The molecule has 1 amide bonds. The summed E-state index contributed by atoms with van der Waals surface area (Å²) in [5.74, 6) is -1.29. The number of hydrogen-bond acceptors (Lipinski definition) is 3. The SMILES string of the molecule is CC(C)CC(N)C(=O)Nc1c(Cl)cc(C(=O)O)cc1Cl. The van der Waals surface area contributed by atoms with E-state index in [0.717, 1.165) is 0 Å². The maximum atomic E-state index is 11.9. The first-order valence-electron chi connectivity index (χ1n) is 6.01. The highest BCUT2D eigenvalue weighted by atomic mass is 35.5. The molecule has 1 atom stereocenters. The molecule has 1 aromatic carbocycles. The second-order valence-electron chi connectivity index (χ2n) is 4.85. The summed E-state index contributed by atoms with van der Waals surface area (Å²) in [6.07, 6.45) is 0.522. The third-order valence-corrected chi connectivity index (χ3v) is 3.20. The van der Waals surface area contributed by atoms with Crippen molar-refractivity contribution in [3.63, 3.8) is 0 Å². The van der Waals surface area contributed by atoms with E-state index in [2.05, 4.69) is 5.32 Å². The summed E-state index contributed by atoms with van der Waals surface area (Å²) in [6, 6.07) is 1.76. The topological polar surface area (TPSA) is 92.4 Å². The summed E-state index contributed by atoms with van der Waals surface area (Å²) in [5, 5.41) is 11.5. The Bertz CT molecular complexity index is 509. The fourth-order valence-electron chi connectivity index (χ4n) is 1.65. The Hall–Kier alpha value is -1.30. The van der Waals surface area contributed by atoms with E-state index in [-0.39, 0.29) is 27.2 Å². The Kier molecular flexibility index (Phi) is 5.80. The number of nitrogens with two attached hydrogens (primary N) is 1. The Balaban J connectivity index is 2.93. The lowest BCUT2D eigenvalue weighted by Crippen LogP contribution is -2.36. The van der Waals surface area contributed by atoms with Crippen molar-refractivity contribution in [1.29, 1.82) is 0 Å². The first-order valence-corrected chi connectivity index (χ1v) is 6.76. The lowest BCUT2D eigenvalue weighted by molar-refractivity contribution is -0.117. The van der Waals surface area contributed by atoms with Gasteiger partial charge < -0.3 is 16.2 Å². The minimum Gasteiger partial charge on any atom is -0.478 e. The van der Waals surface area contributed by atoms with Crippen LogP contribution in [-0.4, -0.2) is 23.0 Å². The fourth-order valence-corrected chi connectivity index (χ4v) is 2.23. The Morgan fingerprint density at radius 3 is 2.20 bits per heavy atom. The van der Waals surface area contributed by atoms with Gasteiger partial charge in [0.15, 0.2) is 0 Å². The number of hydrogen-bond donors (Lipinski definition) is 3. The van der Waals surface area contributed by atoms with Crippen molar-refractivity contribution in [1.82, 2.24) is 0 Å². The molecular weight excluding hydrogens is 303 g/mol. The van der Waals surface area contributed by atoms with Gasteiger partial charge >= 0.3 is 5.97 Å². The molecular formula is C13H16Cl2N2O3.